The van der Waals surface area contributed by atoms with Crippen molar-refractivity contribution < 1.29 is 17.9 Å². The topological polar surface area (TPSA) is 87.5 Å². The summed E-state index contributed by atoms with van der Waals surface area (Å²) < 4.78 is 31.2. The predicted molar refractivity (Wildman–Crippen MR) is 113 cm³/mol. The average Bonchev–Trinajstić information content (AvgIpc) is 2.74. The molecular formula is C22H17ClN2O4S. The first-order valence-corrected chi connectivity index (χ1v) is 10.6. The Morgan fingerprint density at radius 3 is 2.03 bits per heavy atom. The van der Waals surface area contributed by atoms with Crippen molar-refractivity contribution >= 4 is 27.6 Å². The maximum absolute atomic E-state index is 12.5. The molecule has 0 aromatic heterocycles. The Hall–Kier alpha value is -3.18. The minimum Gasteiger partial charge on any atom is -0.426 e. The van der Waals surface area contributed by atoms with Gasteiger partial charge < -0.3 is 4.74 Å². The number of carbonyl (C=O) groups excluding carboxylic acids is 1. The molecule has 0 aliphatic heterocycles. The summed E-state index contributed by atoms with van der Waals surface area (Å²) in [7, 11) is -2.54. The van der Waals surface area contributed by atoms with Crippen molar-refractivity contribution in [2.75, 3.05) is 13.6 Å². The standard InChI is InChI=1S/C22H17ClN2O4S/c1-25(30(27,28)21-12-8-19(23)9-13-21)15-22(26)29-20-10-6-18(7-11-20)17-4-2-16(14-24)3-5-17/h2-13H,15H2,1H3. The normalized spacial score (nSPS) is 11.1. The summed E-state index contributed by atoms with van der Waals surface area (Å²) in [6.07, 6.45) is 0. The zero-order valence-corrected chi connectivity index (χ0v) is 17.5. The van der Waals surface area contributed by atoms with E-state index in [-0.39, 0.29) is 4.90 Å². The van der Waals surface area contributed by atoms with Crippen LogP contribution in [0.2, 0.25) is 5.02 Å². The largest absolute Gasteiger partial charge is 0.426 e. The van der Waals surface area contributed by atoms with Crippen LogP contribution in [0.25, 0.3) is 11.1 Å². The molecule has 0 N–H and O–H groups in total. The first-order chi connectivity index (χ1) is 14.3. The van der Waals surface area contributed by atoms with E-state index in [4.69, 9.17) is 21.6 Å². The number of ether oxygens (including phenoxy) is 1. The number of esters is 1. The maximum atomic E-state index is 12.5. The number of sulfonamides is 1. The van der Waals surface area contributed by atoms with Crippen LogP contribution in [0.5, 0.6) is 5.75 Å². The van der Waals surface area contributed by atoms with E-state index in [0.717, 1.165) is 15.4 Å². The van der Waals surface area contributed by atoms with Gasteiger partial charge in [0, 0.05) is 12.1 Å². The summed E-state index contributed by atoms with van der Waals surface area (Å²) in [6, 6.07) is 21.7. The van der Waals surface area contributed by atoms with Crippen molar-refractivity contribution in [1.82, 2.24) is 4.31 Å². The molecule has 0 saturated heterocycles. The number of hydrogen-bond donors (Lipinski definition) is 0. The highest BCUT2D eigenvalue weighted by Crippen LogP contribution is 2.23. The smallest absolute Gasteiger partial charge is 0.326 e. The van der Waals surface area contributed by atoms with Crippen molar-refractivity contribution in [3.8, 4) is 22.9 Å². The van der Waals surface area contributed by atoms with E-state index >= 15 is 0 Å². The SMILES string of the molecule is CN(CC(=O)Oc1ccc(-c2ccc(C#N)cc2)cc1)S(=O)(=O)c1ccc(Cl)cc1. The Balaban J connectivity index is 1.64. The molecule has 3 aromatic rings. The molecule has 0 fully saturated rings. The number of halogens is 1. The number of hydrogen-bond acceptors (Lipinski definition) is 5. The number of likely N-dealkylation sites (N-methyl/N-ethyl adjacent to an activating group) is 1. The Kier molecular flexibility index (Phi) is 6.53. The second-order valence-electron chi connectivity index (χ2n) is 6.40. The van der Waals surface area contributed by atoms with Crippen LogP contribution < -0.4 is 4.74 Å². The number of carbonyl (C=O) groups is 1. The third kappa shape index (κ3) is 5.05. The van der Waals surface area contributed by atoms with E-state index in [1.165, 1.54) is 31.3 Å². The molecule has 3 rings (SSSR count). The molecule has 0 spiro atoms. The van der Waals surface area contributed by atoms with Gasteiger partial charge in [-0.1, -0.05) is 35.9 Å². The summed E-state index contributed by atoms with van der Waals surface area (Å²) in [5, 5.41) is 9.28. The van der Waals surface area contributed by atoms with Gasteiger partial charge in [-0.3, -0.25) is 4.79 Å². The summed E-state index contributed by atoms with van der Waals surface area (Å²) in [5.41, 5.74) is 2.38. The Morgan fingerprint density at radius 2 is 1.50 bits per heavy atom. The van der Waals surface area contributed by atoms with Gasteiger partial charge >= 0.3 is 5.97 Å². The summed E-state index contributed by atoms with van der Waals surface area (Å²) >= 11 is 5.78. The number of nitriles is 1. The molecule has 8 heteroatoms. The monoisotopic (exact) mass is 440 g/mol. The second-order valence-corrected chi connectivity index (χ2v) is 8.88. The molecule has 0 aliphatic carbocycles. The Labute approximate surface area is 179 Å². The average molecular weight is 441 g/mol. The third-order valence-corrected chi connectivity index (χ3v) is 6.38. The van der Waals surface area contributed by atoms with Crippen LogP contribution in [0.3, 0.4) is 0 Å². The molecular weight excluding hydrogens is 424 g/mol. The van der Waals surface area contributed by atoms with Crippen LogP contribution in [0.1, 0.15) is 5.56 Å². The van der Waals surface area contributed by atoms with E-state index in [1.54, 1.807) is 36.4 Å². The second kappa shape index (κ2) is 9.09. The molecule has 0 saturated carbocycles. The van der Waals surface area contributed by atoms with Crippen LogP contribution >= 0.6 is 11.6 Å². The van der Waals surface area contributed by atoms with Gasteiger partial charge in [0.25, 0.3) is 0 Å². The zero-order valence-electron chi connectivity index (χ0n) is 15.9. The number of nitrogens with zero attached hydrogens (tertiary/aromatic N) is 2. The highest BCUT2D eigenvalue weighted by atomic mass is 35.5. The van der Waals surface area contributed by atoms with Crippen molar-refractivity contribution in [2.45, 2.75) is 4.90 Å². The van der Waals surface area contributed by atoms with Crippen molar-refractivity contribution in [1.29, 1.82) is 5.26 Å². The van der Waals surface area contributed by atoms with E-state index in [9.17, 15) is 13.2 Å². The van der Waals surface area contributed by atoms with Crippen molar-refractivity contribution in [3.63, 3.8) is 0 Å². The van der Waals surface area contributed by atoms with E-state index in [2.05, 4.69) is 6.07 Å². The minimum absolute atomic E-state index is 0.0361. The van der Waals surface area contributed by atoms with Gasteiger partial charge in [-0.25, -0.2) is 8.42 Å². The molecule has 6 nitrogen and oxygen atoms in total. The first-order valence-electron chi connectivity index (χ1n) is 8.83. The molecule has 0 bridgehead atoms. The fourth-order valence-electron chi connectivity index (χ4n) is 2.67. The van der Waals surface area contributed by atoms with E-state index in [1.807, 2.05) is 12.1 Å². The van der Waals surface area contributed by atoms with Crippen LogP contribution in [-0.2, 0) is 14.8 Å². The summed E-state index contributed by atoms with van der Waals surface area (Å²) in [4.78, 5) is 12.2. The Morgan fingerprint density at radius 1 is 0.967 bits per heavy atom. The molecule has 3 aromatic carbocycles. The minimum atomic E-state index is -3.84. The summed E-state index contributed by atoms with van der Waals surface area (Å²) in [6.45, 7) is -0.442. The zero-order chi connectivity index (χ0) is 21.7. The lowest BCUT2D eigenvalue weighted by Crippen LogP contribution is -2.34. The fraction of sp³-hybridized carbons (Fsp3) is 0.0909. The number of rotatable bonds is 6. The maximum Gasteiger partial charge on any atom is 0.326 e. The van der Waals surface area contributed by atoms with Crippen LogP contribution in [0.15, 0.2) is 77.7 Å². The lowest BCUT2D eigenvalue weighted by atomic mass is 10.0. The Bertz CT molecular complexity index is 1180. The molecule has 0 unspecified atom stereocenters. The predicted octanol–water partition coefficient (Wildman–Crippen LogP) is 4.10. The van der Waals surface area contributed by atoms with E-state index < -0.39 is 22.5 Å². The quantitative estimate of drug-likeness (QED) is 0.425. The highest BCUT2D eigenvalue weighted by Gasteiger charge is 2.23. The third-order valence-electron chi connectivity index (χ3n) is 4.31. The van der Waals surface area contributed by atoms with Crippen LogP contribution in [0.4, 0.5) is 0 Å². The molecule has 152 valence electrons. The number of benzene rings is 3. The van der Waals surface area contributed by atoms with Gasteiger partial charge in [0.2, 0.25) is 10.0 Å². The molecule has 0 aliphatic rings. The summed E-state index contributed by atoms with van der Waals surface area (Å²) in [5.74, 6) is -0.407. The van der Waals surface area contributed by atoms with Gasteiger partial charge in [0.15, 0.2) is 0 Å². The van der Waals surface area contributed by atoms with Gasteiger partial charge in [0.1, 0.15) is 12.3 Å². The molecule has 0 radical (unpaired) electrons. The van der Waals surface area contributed by atoms with E-state index in [0.29, 0.717) is 16.3 Å². The molecule has 0 heterocycles. The lowest BCUT2D eigenvalue weighted by Gasteiger charge is -2.16. The van der Waals surface area contributed by atoms with Crippen molar-refractivity contribution in [2.24, 2.45) is 0 Å². The highest BCUT2D eigenvalue weighted by molar-refractivity contribution is 7.89. The van der Waals surface area contributed by atoms with Gasteiger partial charge in [-0.15, -0.1) is 0 Å². The molecule has 0 amide bonds. The van der Waals surface area contributed by atoms with Crippen LogP contribution in [0, 0.1) is 11.3 Å². The molecule has 30 heavy (non-hydrogen) atoms. The fourth-order valence-corrected chi connectivity index (χ4v) is 3.91. The van der Waals surface area contributed by atoms with Gasteiger partial charge in [-0.05, 0) is 59.7 Å². The van der Waals surface area contributed by atoms with Gasteiger partial charge in [-0.2, -0.15) is 9.57 Å². The molecule has 0 atom stereocenters. The lowest BCUT2D eigenvalue weighted by molar-refractivity contribution is -0.134. The van der Waals surface area contributed by atoms with Crippen molar-refractivity contribution in [3.05, 3.63) is 83.4 Å². The van der Waals surface area contributed by atoms with Crippen LogP contribution in [-0.4, -0.2) is 32.3 Å². The van der Waals surface area contributed by atoms with Gasteiger partial charge in [0.05, 0.1) is 16.5 Å². The first kappa shape index (κ1) is 21.5.